The lowest BCUT2D eigenvalue weighted by atomic mass is 10.2. The molecule has 6 heteroatoms. The topological polar surface area (TPSA) is 79.3 Å². The Morgan fingerprint density at radius 3 is 2.86 bits per heavy atom. The van der Waals surface area contributed by atoms with Crippen LogP contribution in [-0.4, -0.2) is 27.9 Å². The summed E-state index contributed by atoms with van der Waals surface area (Å²) in [4.78, 5) is 21.3. The van der Waals surface area contributed by atoms with Crippen molar-refractivity contribution >= 4 is 23.4 Å². The van der Waals surface area contributed by atoms with Gasteiger partial charge in [-0.2, -0.15) is 4.37 Å². The van der Waals surface area contributed by atoms with Gasteiger partial charge in [-0.1, -0.05) is 0 Å². The Hall–Kier alpha value is -1.43. The monoisotopic (exact) mass is 214 g/mol. The van der Waals surface area contributed by atoms with Gasteiger partial charge in [-0.25, -0.2) is 0 Å². The largest absolute Gasteiger partial charge is 0.480 e. The second kappa shape index (κ2) is 4.71. The Kier molecular flexibility index (Phi) is 3.58. The second-order valence-electron chi connectivity index (χ2n) is 2.77. The maximum Gasteiger partial charge on any atom is 0.322 e. The number of aromatic nitrogens is 1. The molecule has 0 unspecified atom stereocenters. The van der Waals surface area contributed by atoms with Gasteiger partial charge in [0, 0.05) is 5.38 Å². The Morgan fingerprint density at radius 1 is 1.64 bits per heavy atom. The average Bonchev–Trinajstić information content (AvgIpc) is 2.49. The van der Waals surface area contributed by atoms with Crippen LogP contribution >= 0.6 is 11.5 Å². The standard InChI is InChI=1S/C8H10N2O3S/c1-5-6(4-14-10-5)2-7(11)9-3-8(12)13/h4H,2-3H2,1H3,(H,9,11)(H,12,13). The van der Waals surface area contributed by atoms with Crippen molar-refractivity contribution in [3.63, 3.8) is 0 Å². The molecule has 1 aromatic heterocycles. The molecule has 0 saturated heterocycles. The summed E-state index contributed by atoms with van der Waals surface area (Å²) in [5.74, 6) is -1.34. The second-order valence-corrected chi connectivity index (χ2v) is 3.40. The van der Waals surface area contributed by atoms with Crippen molar-refractivity contribution in [1.82, 2.24) is 9.69 Å². The molecule has 1 aromatic rings. The molecule has 0 fully saturated rings. The third-order valence-electron chi connectivity index (χ3n) is 1.64. The maximum absolute atomic E-state index is 11.2. The zero-order valence-corrected chi connectivity index (χ0v) is 8.43. The van der Waals surface area contributed by atoms with Gasteiger partial charge in [0.25, 0.3) is 0 Å². The van der Waals surface area contributed by atoms with Crippen molar-refractivity contribution in [3.8, 4) is 0 Å². The predicted molar refractivity (Wildman–Crippen MR) is 51.2 cm³/mol. The summed E-state index contributed by atoms with van der Waals surface area (Å²) in [5, 5.41) is 12.4. The van der Waals surface area contributed by atoms with E-state index in [-0.39, 0.29) is 18.9 Å². The third-order valence-corrected chi connectivity index (χ3v) is 2.41. The molecule has 0 aliphatic carbocycles. The molecule has 0 saturated carbocycles. The van der Waals surface area contributed by atoms with E-state index in [2.05, 4.69) is 9.69 Å². The summed E-state index contributed by atoms with van der Waals surface area (Å²) in [6.45, 7) is 1.48. The number of rotatable bonds is 4. The van der Waals surface area contributed by atoms with Gasteiger partial charge < -0.3 is 10.4 Å². The number of carboxylic acids is 1. The molecular formula is C8H10N2O3S. The molecule has 0 aliphatic heterocycles. The minimum absolute atomic E-state index is 0.190. The number of carbonyl (C=O) groups is 2. The molecular weight excluding hydrogens is 204 g/mol. The van der Waals surface area contributed by atoms with Crippen LogP contribution < -0.4 is 5.32 Å². The van der Waals surface area contributed by atoms with Crippen molar-refractivity contribution < 1.29 is 14.7 Å². The van der Waals surface area contributed by atoms with E-state index in [1.54, 1.807) is 5.38 Å². The first kappa shape index (κ1) is 10.6. The molecule has 2 N–H and O–H groups in total. The number of amides is 1. The number of aryl methyl sites for hydroxylation is 1. The molecule has 0 bridgehead atoms. The van der Waals surface area contributed by atoms with E-state index in [1.165, 1.54) is 11.5 Å². The quantitative estimate of drug-likeness (QED) is 0.750. The van der Waals surface area contributed by atoms with Gasteiger partial charge in [0.2, 0.25) is 5.91 Å². The lowest BCUT2D eigenvalue weighted by Crippen LogP contribution is -2.30. The normalized spacial score (nSPS) is 9.79. The van der Waals surface area contributed by atoms with Gasteiger partial charge in [-0.15, -0.1) is 0 Å². The number of aliphatic carboxylic acids is 1. The number of nitrogens with one attached hydrogen (secondary N) is 1. The summed E-state index contributed by atoms with van der Waals surface area (Å²) in [6, 6.07) is 0. The van der Waals surface area contributed by atoms with Gasteiger partial charge in [-0.05, 0) is 24.0 Å². The van der Waals surface area contributed by atoms with Gasteiger partial charge in [0.05, 0.1) is 12.1 Å². The highest BCUT2D eigenvalue weighted by atomic mass is 32.1. The fourth-order valence-corrected chi connectivity index (χ4v) is 1.60. The lowest BCUT2D eigenvalue weighted by molar-refractivity contribution is -0.137. The van der Waals surface area contributed by atoms with Crippen molar-refractivity contribution in [2.24, 2.45) is 0 Å². The fourth-order valence-electron chi connectivity index (χ4n) is 0.892. The molecule has 14 heavy (non-hydrogen) atoms. The van der Waals surface area contributed by atoms with Gasteiger partial charge >= 0.3 is 5.97 Å². The summed E-state index contributed by atoms with van der Waals surface area (Å²) < 4.78 is 4.01. The summed E-state index contributed by atoms with van der Waals surface area (Å²) >= 11 is 1.29. The van der Waals surface area contributed by atoms with E-state index in [0.29, 0.717) is 0 Å². The first-order valence-electron chi connectivity index (χ1n) is 3.98. The van der Waals surface area contributed by atoms with Crippen LogP contribution in [0.5, 0.6) is 0 Å². The van der Waals surface area contributed by atoms with Crippen molar-refractivity contribution in [1.29, 1.82) is 0 Å². The first-order chi connectivity index (χ1) is 6.59. The molecule has 0 aliphatic rings. The maximum atomic E-state index is 11.2. The molecule has 0 aromatic carbocycles. The summed E-state index contributed by atoms with van der Waals surface area (Å²) in [5.41, 5.74) is 1.67. The fraction of sp³-hybridized carbons (Fsp3) is 0.375. The minimum atomic E-state index is -1.04. The van der Waals surface area contributed by atoms with Crippen molar-refractivity contribution in [2.75, 3.05) is 6.54 Å². The molecule has 0 radical (unpaired) electrons. The van der Waals surface area contributed by atoms with E-state index in [4.69, 9.17) is 5.11 Å². The van der Waals surface area contributed by atoms with Gasteiger partial charge in [-0.3, -0.25) is 9.59 Å². The molecule has 1 heterocycles. The van der Waals surface area contributed by atoms with Gasteiger partial charge in [0.15, 0.2) is 0 Å². The van der Waals surface area contributed by atoms with Crippen LogP contribution in [0.1, 0.15) is 11.3 Å². The van der Waals surface area contributed by atoms with Crippen LogP contribution in [0.2, 0.25) is 0 Å². The van der Waals surface area contributed by atoms with Gasteiger partial charge in [0.1, 0.15) is 6.54 Å². The molecule has 0 atom stereocenters. The molecule has 1 rings (SSSR count). The van der Waals surface area contributed by atoms with Crippen LogP contribution in [0.25, 0.3) is 0 Å². The van der Waals surface area contributed by atoms with Crippen molar-refractivity contribution in [2.45, 2.75) is 13.3 Å². The molecule has 1 amide bonds. The number of hydrogen-bond donors (Lipinski definition) is 2. The Labute approximate surface area is 84.9 Å². The summed E-state index contributed by atoms with van der Waals surface area (Å²) in [6.07, 6.45) is 0.190. The Bertz CT molecular complexity index is 348. The minimum Gasteiger partial charge on any atom is -0.480 e. The number of nitrogens with zero attached hydrogens (tertiary/aromatic N) is 1. The summed E-state index contributed by atoms with van der Waals surface area (Å²) in [7, 11) is 0. The Morgan fingerprint density at radius 2 is 2.36 bits per heavy atom. The lowest BCUT2D eigenvalue weighted by Gasteiger charge is -2.00. The highest BCUT2D eigenvalue weighted by Gasteiger charge is 2.08. The Balaban J connectivity index is 2.42. The zero-order valence-electron chi connectivity index (χ0n) is 7.61. The number of hydrogen-bond acceptors (Lipinski definition) is 4. The smallest absolute Gasteiger partial charge is 0.322 e. The highest BCUT2D eigenvalue weighted by molar-refractivity contribution is 7.03. The highest BCUT2D eigenvalue weighted by Crippen LogP contribution is 2.09. The van der Waals surface area contributed by atoms with Crippen LogP contribution in [0.4, 0.5) is 0 Å². The van der Waals surface area contributed by atoms with E-state index >= 15 is 0 Å². The number of carboxylic acid groups (broad SMARTS) is 1. The SMILES string of the molecule is Cc1nscc1CC(=O)NCC(=O)O. The van der Waals surface area contributed by atoms with E-state index in [0.717, 1.165) is 11.3 Å². The molecule has 5 nitrogen and oxygen atoms in total. The van der Waals surface area contributed by atoms with Crippen molar-refractivity contribution in [3.05, 3.63) is 16.6 Å². The zero-order chi connectivity index (χ0) is 10.6. The van der Waals surface area contributed by atoms with E-state index in [9.17, 15) is 9.59 Å². The van der Waals surface area contributed by atoms with Crippen LogP contribution in [0.3, 0.4) is 0 Å². The molecule has 76 valence electrons. The number of carbonyl (C=O) groups excluding carboxylic acids is 1. The third kappa shape index (κ3) is 3.14. The first-order valence-corrected chi connectivity index (χ1v) is 4.81. The average molecular weight is 214 g/mol. The van der Waals surface area contributed by atoms with E-state index < -0.39 is 5.97 Å². The van der Waals surface area contributed by atoms with E-state index in [1.807, 2.05) is 6.92 Å². The van der Waals surface area contributed by atoms with Crippen LogP contribution in [0.15, 0.2) is 5.38 Å². The predicted octanol–water partition coefficient (Wildman–Crippen LogP) is 0.195. The van der Waals surface area contributed by atoms with Crippen LogP contribution in [-0.2, 0) is 16.0 Å². The van der Waals surface area contributed by atoms with Crippen LogP contribution in [0, 0.1) is 6.92 Å². The molecule has 0 spiro atoms.